The van der Waals surface area contributed by atoms with Crippen molar-refractivity contribution in [2.75, 3.05) is 12.3 Å². The Labute approximate surface area is 141 Å². The first-order chi connectivity index (χ1) is 11.3. The average Bonchev–Trinajstić information content (AvgIpc) is 3.04. The minimum Gasteiger partial charge on any atom is -0.480 e. The maximum Gasteiger partial charge on any atom is 0.326 e. The molecular formula is C16H22N2O5S. The van der Waals surface area contributed by atoms with Gasteiger partial charge in [0.2, 0.25) is 15.9 Å². The number of nitrogens with zero attached hydrogens (tertiary/aromatic N) is 1. The van der Waals surface area contributed by atoms with E-state index in [4.69, 9.17) is 0 Å². The van der Waals surface area contributed by atoms with Crippen LogP contribution in [0, 0.1) is 0 Å². The van der Waals surface area contributed by atoms with Gasteiger partial charge < -0.3 is 10.0 Å². The van der Waals surface area contributed by atoms with Crippen LogP contribution in [-0.2, 0) is 26.0 Å². The van der Waals surface area contributed by atoms with Crippen LogP contribution >= 0.6 is 0 Å². The highest BCUT2D eigenvalue weighted by molar-refractivity contribution is 7.89. The fourth-order valence-corrected chi connectivity index (χ4v) is 3.60. The second-order valence-corrected chi connectivity index (χ2v) is 7.83. The van der Waals surface area contributed by atoms with Crippen LogP contribution in [0.1, 0.15) is 25.3 Å². The van der Waals surface area contributed by atoms with Gasteiger partial charge in [0.25, 0.3) is 0 Å². The summed E-state index contributed by atoms with van der Waals surface area (Å²) < 4.78 is 26.3. The van der Waals surface area contributed by atoms with Crippen molar-refractivity contribution in [3.63, 3.8) is 0 Å². The Morgan fingerprint density at radius 3 is 2.58 bits per heavy atom. The molecule has 24 heavy (non-hydrogen) atoms. The van der Waals surface area contributed by atoms with Crippen molar-refractivity contribution < 1.29 is 23.1 Å². The van der Waals surface area contributed by atoms with Crippen molar-refractivity contribution in [1.82, 2.24) is 9.62 Å². The van der Waals surface area contributed by atoms with Crippen molar-refractivity contribution in [2.24, 2.45) is 0 Å². The Morgan fingerprint density at radius 1 is 1.33 bits per heavy atom. The fourth-order valence-electron chi connectivity index (χ4n) is 2.82. The number of nitrogens with one attached hydrogen (secondary N) is 1. The van der Waals surface area contributed by atoms with Crippen molar-refractivity contribution in [2.45, 2.75) is 38.3 Å². The second kappa shape index (κ2) is 7.76. The maximum atomic E-state index is 12.8. The smallest absolute Gasteiger partial charge is 0.326 e. The summed E-state index contributed by atoms with van der Waals surface area (Å²) in [6.07, 6.45) is 1.17. The Hall–Kier alpha value is -1.93. The van der Waals surface area contributed by atoms with Gasteiger partial charge in [0.15, 0.2) is 0 Å². The maximum absolute atomic E-state index is 12.8. The standard InChI is InChI=1S/C16H22N2O5S/c1-2-24(22,23)17-13(11-12-7-4-3-5-8-12)15(19)18-10-6-9-14(18)16(20)21/h3-5,7-8,13-14,17H,2,6,9-11H2,1H3,(H,20,21)/t13-,14+/m1/s1. The molecule has 0 aromatic heterocycles. The molecule has 0 saturated carbocycles. The zero-order valence-corrected chi connectivity index (χ0v) is 14.3. The van der Waals surface area contributed by atoms with Gasteiger partial charge in [0.05, 0.1) is 5.75 Å². The van der Waals surface area contributed by atoms with Crippen LogP contribution in [0.3, 0.4) is 0 Å². The first-order valence-electron chi connectivity index (χ1n) is 7.91. The molecule has 8 heteroatoms. The molecule has 0 aliphatic carbocycles. The zero-order chi connectivity index (χ0) is 17.7. The molecule has 0 radical (unpaired) electrons. The highest BCUT2D eigenvalue weighted by Gasteiger charge is 2.38. The summed E-state index contributed by atoms with van der Waals surface area (Å²) in [5.41, 5.74) is 0.806. The number of hydrogen-bond donors (Lipinski definition) is 2. The van der Waals surface area contributed by atoms with E-state index in [-0.39, 0.29) is 12.2 Å². The molecule has 1 aromatic rings. The summed E-state index contributed by atoms with van der Waals surface area (Å²) in [5.74, 6) is -1.69. The summed E-state index contributed by atoms with van der Waals surface area (Å²) in [6, 6.07) is 7.16. The van der Waals surface area contributed by atoms with Gasteiger partial charge in [0, 0.05) is 6.54 Å². The first kappa shape index (κ1) is 18.4. The lowest BCUT2D eigenvalue weighted by molar-refractivity contribution is -0.148. The SMILES string of the molecule is CCS(=O)(=O)N[C@H](Cc1ccccc1)C(=O)N1CCC[C@H]1C(=O)O. The highest BCUT2D eigenvalue weighted by atomic mass is 32.2. The number of benzene rings is 1. The van der Waals surface area contributed by atoms with Crippen molar-refractivity contribution in [3.05, 3.63) is 35.9 Å². The van der Waals surface area contributed by atoms with Gasteiger partial charge in [-0.05, 0) is 31.7 Å². The predicted octanol–water partition coefficient (Wildman–Crippen LogP) is 0.613. The Kier molecular flexibility index (Phi) is 5.95. The van der Waals surface area contributed by atoms with E-state index in [1.165, 1.54) is 11.8 Å². The minimum atomic E-state index is -3.60. The number of carboxylic acid groups (broad SMARTS) is 1. The molecular weight excluding hydrogens is 332 g/mol. The lowest BCUT2D eigenvalue weighted by Gasteiger charge is -2.27. The Morgan fingerprint density at radius 2 is 2.00 bits per heavy atom. The monoisotopic (exact) mass is 354 g/mol. The number of hydrogen-bond acceptors (Lipinski definition) is 4. The molecule has 0 unspecified atom stereocenters. The summed E-state index contributed by atoms with van der Waals surface area (Å²) in [5, 5.41) is 9.25. The number of rotatable bonds is 7. The second-order valence-electron chi connectivity index (χ2n) is 5.79. The quantitative estimate of drug-likeness (QED) is 0.747. The van der Waals surface area contributed by atoms with Gasteiger partial charge in [-0.25, -0.2) is 17.9 Å². The molecule has 1 aromatic carbocycles. The van der Waals surface area contributed by atoms with Gasteiger partial charge in [-0.15, -0.1) is 0 Å². The van der Waals surface area contributed by atoms with Crippen LogP contribution in [0.25, 0.3) is 0 Å². The number of amides is 1. The molecule has 0 spiro atoms. The molecule has 2 N–H and O–H groups in total. The fraction of sp³-hybridized carbons (Fsp3) is 0.500. The number of carbonyl (C=O) groups is 2. The predicted molar refractivity (Wildman–Crippen MR) is 88.9 cm³/mol. The topological polar surface area (TPSA) is 104 Å². The largest absolute Gasteiger partial charge is 0.480 e. The third kappa shape index (κ3) is 4.55. The molecule has 0 bridgehead atoms. The van der Waals surface area contributed by atoms with Crippen molar-refractivity contribution >= 4 is 21.9 Å². The van der Waals surface area contributed by atoms with E-state index in [1.54, 1.807) is 24.3 Å². The normalized spacial score (nSPS) is 19.2. The van der Waals surface area contributed by atoms with E-state index in [0.717, 1.165) is 5.56 Å². The van der Waals surface area contributed by atoms with E-state index in [9.17, 15) is 23.1 Å². The summed E-state index contributed by atoms with van der Waals surface area (Å²) >= 11 is 0. The van der Waals surface area contributed by atoms with E-state index in [1.807, 2.05) is 6.07 Å². The van der Waals surface area contributed by atoms with Crippen LogP contribution in [-0.4, -0.2) is 54.7 Å². The number of carbonyl (C=O) groups excluding carboxylic acids is 1. The summed E-state index contributed by atoms with van der Waals surface area (Å²) in [7, 11) is -3.60. The number of carboxylic acids is 1. The average molecular weight is 354 g/mol. The number of likely N-dealkylation sites (tertiary alicyclic amines) is 1. The van der Waals surface area contributed by atoms with Crippen molar-refractivity contribution in [3.8, 4) is 0 Å². The molecule has 1 amide bonds. The molecule has 1 fully saturated rings. The third-order valence-corrected chi connectivity index (χ3v) is 5.51. The first-order valence-corrected chi connectivity index (χ1v) is 9.56. The summed E-state index contributed by atoms with van der Waals surface area (Å²) in [4.78, 5) is 25.4. The Balaban J connectivity index is 2.24. The van der Waals surface area contributed by atoms with E-state index >= 15 is 0 Å². The molecule has 7 nitrogen and oxygen atoms in total. The van der Waals surface area contributed by atoms with E-state index in [2.05, 4.69) is 4.72 Å². The molecule has 2 atom stereocenters. The van der Waals surface area contributed by atoms with Gasteiger partial charge in [0.1, 0.15) is 12.1 Å². The molecule has 1 aliphatic rings. The van der Waals surface area contributed by atoms with Crippen LogP contribution in [0.15, 0.2) is 30.3 Å². The van der Waals surface area contributed by atoms with Crippen molar-refractivity contribution in [1.29, 1.82) is 0 Å². The van der Waals surface area contributed by atoms with Crippen LogP contribution < -0.4 is 4.72 Å². The lowest BCUT2D eigenvalue weighted by Crippen LogP contribution is -2.52. The van der Waals surface area contributed by atoms with Gasteiger partial charge in [-0.1, -0.05) is 30.3 Å². The van der Waals surface area contributed by atoms with Crippen LogP contribution in [0.5, 0.6) is 0 Å². The van der Waals surface area contributed by atoms with Gasteiger partial charge in [-0.2, -0.15) is 0 Å². The van der Waals surface area contributed by atoms with E-state index < -0.39 is 34.0 Å². The third-order valence-electron chi connectivity index (χ3n) is 4.10. The molecule has 2 rings (SSSR count). The molecule has 1 aliphatic heterocycles. The minimum absolute atomic E-state index is 0.145. The van der Waals surface area contributed by atoms with Gasteiger partial charge in [-0.3, -0.25) is 4.79 Å². The molecule has 1 saturated heterocycles. The summed E-state index contributed by atoms with van der Waals surface area (Å²) in [6.45, 7) is 1.82. The van der Waals surface area contributed by atoms with E-state index in [0.29, 0.717) is 19.4 Å². The molecule has 132 valence electrons. The number of sulfonamides is 1. The zero-order valence-electron chi connectivity index (χ0n) is 13.5. The van der Waals surface area contributed by atoms with Gasteiger partial charge >= 0.3 is 5.97 Å². The molecule has 1 heterocycles. The number of aliphatic carboxylic acids is 1. The lowest BCUT2D eigenvalue weighted by atomic mass is 10.1. The highest BCUT2D eigenvalue weighted by Crippen LogP contribution is 2.20. The van der Waals surface area contributed by atoms with Crippen LogP contribution in [0.2, 0.25) is 0 Å². The Bertz CT molecular complexity index is 690. The van der Waals surface area contributed by atoms with Crippen LogP contribution in [0.4, 0.5) is 0 Å².